The molecule has 3 N–H and O–H groups in total. The number of nitrogens with one attached hydrogen (secondary N) is 1. The van der Waals surface area contributed by atoms with Crippen LogP contribution < -0.4 is 20.5 Å². The Morgan fingerprint density at radius 3 is 2.40 bits per heavy atom. The van der Waals surface area contributed by atoms with Crippen molar-refractivity contribution < 1.29 is 17.9 Å². The molecule has 2 aliphatic rings. The molecule has 2 fully saturated rings. The number of nitrogens with zero attached hydrogens (tertiary/aromatic N) is 4. The SMILES string of the molecule is COc1cc(-c2c(C3CCNCC3)c(C3CCN(S(C)(=O)=O)CC3)n3ncnc(N)c23)ccc1Oc1ccc(Cl)c(Cl)c1. The van der Waals surface area contributed by atoms with Gasteiger partial charge in [0, 0.05) is 30.6 Å². The Labute approximate surface area is 261 Å². The maximum atomic E-state index is 12.3. The highest BCUT2D eigenvalue weighted by Crippen LogP contribution is 2.48. The summed E-state index contributed by atoms with van der Waals surface area (Å²) in [5.41, 5.74) is 11.5. The van der Waals surface area contributed by atoms with E-state index in [1.807, 2.05) is 22.7 Å². The fourth-order valence-electron chi connectivity index (χ4n) is 6.40. The van der Waals surface area contributed by atoms with Crippen molar-refractivity contribution in [3.63, 3.8) is 0 Å². The van der Waals surface area contributed by atoms with Gasteiger partial charge in [0.1, 0.15) is 17.6 Å². The standard InChI is InChI=1S/C30H34Cl2N6O4S/c1-41-25-15-20(3-6-24(25)42-21-4-5-22(31)23(32)16-21)27-26(18-7-11-34-12-8-18)28(38-29(27)30(33)35-17-36-38)19-9-13-37(14-10-19)43(2,39)40/h3-6,15-19,34H,7-14H2,1-2H3,(H2,33,35,36). The number of fused-ring (bicyclic) bond motifs is 1. The molecule has 4 heterocycles. The molecule has 0 amide bonds. The number of hydrogen-bond acceptors (Lipinski definition) is 8. The summed E-state index contributed by atoms with van der Waals surface area (Å²) in [7, 11) is -1.65. The van der Waals surface area contributed by atoms with E-state index in [4.69, 9.17) is 43.5 Å². The van der Waals surface area contributed by atoms with E-state index in [-0.39, 0.29) is 11.8 Å². The van der Waals surface area contributed by atoms with Crippen LogP contribution in [-0.4, -0.2) is 66.9 Å². The molecule has 0 aliphatic carbocycles. The summed E-state index contributed by atoms with van der Waals surface area (Å²) in [6, 6.07) is 10.9. The van der Waals surface area contributed by atoms with Crippen LogP contribution in [0.15, 0.2) is 42.7 Å². The second kappa shape index (κ2) is 12.1. The van der Waals surface area contributed by atoms with E-state index in [2.05, 4.69) is 10.3 Å². The number of sulfonamides is 1. The third kappa shape index (κ3) is 5.88. The van der Waals surface area contributed by atoms with Gasteiger partial charge < -0.3 is 20.5 Å². The summed E-state index contributed by atoms with van der Waals surface area (Å²) < 4.78 is 40.0. The predicted octanol–water partition coefficient (Wildman–Crippen LogP) is 5.69. The number of methoxy groups -OCH3 is 1. The maximum absolute atomic E-state index is 12.3. The number of anilines is 1. The number of ether oxygens (including phenoxy) is 2. The van der Waals surface area contributed by atoms with Crippen LogP contribution in [0.2, 0.25) is 10.0 Å². The van der Waals surface area contributed by atoms with E-state index >= 15 is 0 Å². The molecule has 0 saturated carbocycles. The van der Waals surface area contributed by atoms with E-state index in [1.54, 1.807) is 29.6 Å². The molecule has 13 heteroatoms. The van der Waals surface area contributed by atoms with Gasteiger partial charge in [-0.2, -0.15) is 5.10 Å². The van der Waals surface area contributed by atoms with Crippen LogP contribution in [0.1, 0.15) is 48.8 Å². The van der Waals surface area contributed by atoms with E-state index in [1.165, 1.54) is 18.1 Å². The summed E-state index contributed by atoms with van der Waals surface area (Å²) >= 11 is 12.3. The Morgan fingerprint density at radius 1 is 0.977 bits per heavy atom. The first kappa shape index (κ1) is 30.0. The molecule has 4 aromatic rings. The van der Waals surface area contributed by atoms with Crippen molar-refractivity contribution in [1.82, 2.24) is 24.2 Å². The van der Waals surface area contributed by atoms with Crippen LogP contribution in [0.4, 0.5) is 5.82 Å². The lowest BCUT2D eigenvalue weighted by atomic mass is 9.81. The van der Waals surface area contributed by atoms with Gasteiger partial charge in [-0.15, -0.1) is 0 Å². The number of aromatic nitrogens is 3. The number of hydrogen-bond donors (Lipinski definition) is 2. The van der Waals surface area contributed by atoms with Gasteiger partial charge in [-0.05, 0) is 80.1 Å². The van der Waals surface area contributed by atoms with E-state index in [9.17, 15) is 8.42 Å². The number of nitrogens with two attached hydrogens (primary N) is 1. The summed E-state index contributed by atoms with van der Waals surface area (Å²) in [4.78, 5) is 4.38. The van der Waals surface area contributed by atoms with E-state index in [0.717, 1.165) is 48.3 Å². The molecule has 10 nitrogen and oxygen atoms in total. The molecule has 0 unspecified atom stereocenters. The minimum Gasteiger partial charge on any atom is -0.493 e. The van der Waals surface area contributed by atoms with Crippen molar-refractivity contribution in [3.8, 4) is 28.4 Å². The Bertz CT molecular complexity index is 1770. The average molecular weight is 646 g/mol. The zero-order chi connectivity index (χ0) is 30.3. The topological polar surface area (TPSA) is 124 Å². The van der Waals surface area contributed by atoms with E-state index < -0.39 is 10.0 Å². The first-order valence-corrected chi connectivity index (χ1v) is 16.9. The van der Waals surface area contributed by atoms with Gasteiger partial charge >= 0.3 is 0 Å². The number of piperidine rings is 2. The minimum absolute atomic E-state index is 0.109. The Kier molecular flexibility index (Phi) is 8.45. The molecule has 0 atom stereocenters. The first-order valence-electron chi connectivity index (χ1n) is 14.3. The maximum Gasteiger partial charge on any atom is 0.211 e. The normalized spacial score (nSPS) is 17.4. The van der Waals surface area contributed by atoms with Gasteiger partial charge in [0.25, 0.3) is 0 Å². The van der Waals surface area contributed by atoms with Crippen molar-refractivity contribution >= 4 is 44.6 Å². The van der Waals surface area contributed by atoms with Crippen LogP contribution in [0.3, 0.4) is 0 Å². The Balaban J connectivity index is 1.49. The molecule has 2 aliphatic heterocycles. The van der Waals surface area contributed by atoms with Crippen LogP contribution in [-0.2, 0) is 10.0 Å². The second-order valence-electron chi connectivity index (χ2n) is 11.1. The molecule has 2 aromatic heterocycles. The molecular formula is C30H34Cl2N6O4S. The molecule has 43 heavy (non-hydrogen) atoms. The highest BCUT2D eigenvalue weighted by Gasteiger charge is 2.35. The molecule has 0 spiro atoms. The van der Waals surface area contributed by atoms with Gasteiger partial charge in [-0.3, -0.25) is 0 Å². The average Bonchev–Trinajstić information content (AvgIpc) is 3.36. The molecule has 2 saturated heterocycles. The Morgan fingerprint density at radius 2 is 1.72 bits per heavy atom. The zero-order valence-electron chi connectivity index (χ0n) is 24.0. The smallest absolute Gasteiger partial charge is 0.211 e. The lowest BCUT2D eigenvalue weighted by Gasteiger charge is -2.32. The molecule has 0 radical (unpaired) electrons. The van der Waals surface area contributed by atoms with Crippen LogP contribution in [0, 0.1) is 0 Å². The highest BCUT2D eigenvalue weighted by atomic mass is 35.5. The zero-order valence-corrected chi connectivity index (χ0v) is 26.3. The summed E-state index contributed by atoms with van der Waals surface area (Å²) in [5.74, 6) is 2.35. The van der Waals surface area contributed by atoms with Crippen molar-refractivity contribution in [2.24, 2.45) is 0 Å². The predicted molar refractivity (Wildman–Crippen MR) is 169 cm³/mol. The van der Waals surface area contributed by atoms with Gasteiger partial charge in [0.05, 0.1) is 29.1 Å². The highest BCUT2D eigenvalue weighted by molar-refractivity contribution is 7.88. The molecule has 0 bridgehead atoms. The van der Waals surface area contributed by atoms with Crippen molar-refractivity contribution in [1.29, 1.82) is 0 Å². The summed E-state index contributed by atoms with van der Waals surface area (Å²) in [5, 5.41) is 9.04. The minimum atomic E-state index is -3.26. The van der Waals surface area contributed by atoms with Crippen LogP contribution in [0.25, 0.3) is 16.6 Å². The largest absolute Gasteiger partial charge is 0.493 e. The summed E-state index contributed by atoms with van der Waals surface area (Å²) in [6.07, 6.45) is 6.07. The van der Waals surface area contributed by atoms with Gasteiger partial charge in [0.15, 0.2) is 17.3 Å². The summed E-state index contributed by atoms with van der Waals surface area (Å²) in [6.45, 7) is 2.74. The Hall–Kier alpha value is -3.09. The quantitative estimate of drug-likeness (QED) is 0.263. The number of nitrogen functional groups attached to an aromatic ring is 1. The molecular weight excluding hydrogens is 611 g/mol. The molecule has 6 rings (SSSR count). The van der Waals surface area contributed by atoms with Gasteiger partial charge in [0.2, 0.25) is 10.0 Å². The van der Waals surface area contributed by atoms with Gasteiger partial charge in [-0.1, -0.05) is 29.3 Å². The lowest BCUT2D eigenvalue weighted by molar-refractivity contribution is 0.314. The third-order valence-corrected chi connectivity index (χ3v) is 10.5. The monoisotopic (exact) mass is 644 g/mol. The lowest BCUT2D eigenvalue weighted by Crippen LogP contribution is -2.37. The van der Waals surface area contributed by atoms with E-state index in [0.29, 0.717) is 59.0 Å². The number of halogens is 2. The van der Waals surface area contributed by atoms with Crippen molar-refractivity contribution in [2.45, 2.75) is 37.5 Å². The fourth-order valence-corrected chi connectivity index (χ4v) is 7.56. The first-order chi connectivity index (χ1) is 20.7. The van der Waals surface area contributed by atoms with Crippen molar-refractivity contribution in [3.05, 3.63) is 64.0 Å². The number of benzene rings is 2. The van der Waals surface area contributed by atoms with Crippen LogP contribution in [0.5, 0.6) is 17.2 Å². The van der Waals surface area contributed by atoms with Crippen LogP contribution >= 0.6 is 23.2 Å². The van der Waals surface area contributed by atoms with Gasteiger partial charge in [-0.25, -0.2) is 22.2 Å². The number of rotatable bonds is 7. The molecule has 228 valence electrons. The second-order valence-corrected chi connectivity index (χ2v) is 13.9. The van der Waals surface area contributed by atoms with Crippen molar-refractivity contribution in [2.75, 3.05) is 45.3 Å². The third-order valence-electron chi connectivity index (χ3n) is 8.46. The fraction of sp³-hybridized carbons (Fsp3) is 0.400. The molecule has 2 aromatic carbocycles.